The van der Waals surface area contributed by atoms with E-state index in [0.29, 0.717) is 19.0 Å². The molecule has 0 bridgehead atoms. The highest BCUT2D eigenvalue weighted by Gasteiger charge is 2.40. The Balaban J connectivity index is 1.40. The molecule has 0 radical (unpaired) electrons. The van der Waals surface area contributed by atoms with Gasteiger partial charge in [-0.25, -0.2) is 0 Å². The van der Waals surface area contributed by atoms with Crippen LogP contribution in [-0.2, 0) is 14.3 Å². The fraction of sp³-hybridized carbons (Fsp3) is 0.562. The molecular weight excluding hydrogens is 286 g/mol. The van der Waals surface area contributed by atoms with Crippen molar-refractivity contribution in [1.82, 2.24) is 5.32 Å². The summed E-state index contributed by atoms with van der Waals surface area (Å²) in [6, 6.07) is 10.3. The molecule has 1 aromatic carbocycles. The number of benzene rings is 1. The number of nitrogens with one attached hydrogen (secondary N) is 1. The van der Waals surface area contributed by atoms with Crippen LogP contribution in [0, 0.1) is 0 Å². The molecule has 1 spiro atoms. The third kappa shape index (κ3) is 3.99. The summed E-state index contributed by atoms with van der Waals surface area (Å²) in [4.78, 5) is 13.1. The van der Waals surface area contributed by atoms with Crippen LogP contribution in [0.15, 0.2) is 35.2 Å². The Morgan fingerprint density at radius 3 is 2.52 bits per heavy atom. The van der Waals surface area contributed by atoms with E-state index in [2.05, 4.69) is 5.32 Å². The van der Waals surface area contributed by atoms with E-state index in [-0.39, 0.29) is 17.7 Å². The van der Waals surface area contributed by atoms with Crippen LogP contribution in [0.3, 0.4) is 0 Å². The summed E-state index contributed by atoms with van der Waals surface area (Å²) in [5.41, 5.74) is 0. The van der Waals surface area contributed by atoms with Crippen molar-refractivity contribution >= 4 is 17.7 Å². The van der Waals surface area contributed by atoms with E-state index in [1.54, 1.807) is 11.8 Å². The minimum atomic E-state index is -0.347. The van der Waals surface area contributed by atoms with Gasteiger partial charge in [-0.05, 0) is 25.0 Å². The molecule has 1 N–H and O–H groups in total. The van der Waals surface area contributed by atoms with Gasteiger partial charge in [-0.2, -0.15) is 0 Å². The molecule has 114 valence electrons. The topological polar surface area (TPSA) is 47.6 Å². The second-order valence-corrected chi connectivity index (χ2v) is 6.60. The van der Waals surface area contributed by atoms with Crippen molar-refractivity contribution in [3.63, 3.8) is 0 Å². The molecule has 0 aromatic heterocycles. The van der Waals surface area contributed by atoms with E-state index in [0.717, 1.165) is 30.6 Å². The predicted molar refractivity (Wildman–Crippen MR) is 82.2 cm³/mol. The maximum absolute atomic E-state index is 12.0. The van der Waals surface area contributed by atoms with Crippen LogP contribution in [0.4, 0.5) is 0 Å². The van der Waals surface area contributed by atoms with Gasteiger partial charge in [0.2, 0.25) is 5.91 Å². The molecule has 2 fully saturated rings. The van der Waals surface area contributed by atoms with Gasteiger partial charge in [0.1, 0.15) is 0 Å². The number of hydrogen-bond donors (Lipinski definition) is 1. The lowest BCUT2D eigenvalue weighted by molar-refractivity contribution is -0.179. The molecule has 5 heteroatoms. The number of amides is 1. The molecule has 1 aromatic rings. The maximum atomic E-state index is 12.0. The summed E-state index contributed by atoms with van der Waals surface area (Å²) in [7, 11) is 0. The monoisotopic (exact) mass is 307 g/mol. The van der Waals surface area contributed by atoms with Gasteiger partial charge >= 0.3 is 0 Å². The van der Waals surface area contributed by atoms with E-state index in [9.17, 15) is 4.79 Å². The van der Waals surface area contributed by atoms with Gasteiger partial charge in [-0.1, -0.05) is 18.2 Å². The first-order valence-electron chi connectivity index (χ1n) is 7.51. The third-order valence-electron chi connectivity index (χ3n) is 4.04. The van der Waals surface area contributed by atoms with E-state index in [1.165, 1.54) is 0 Å². The fourth-order valence-electron chi connectivity index (χ4n) is 2.92. The second-order valence-electron chi connectivity index (χ2n) is 5.55. The quantitative estimate of drug-likeness (QED) is 0.869. The van der Waals surface area contributed by atoms with Crippen LogP contribution in [-0.4, -0.2) is 36.7 Å². The zero-order valence-electron chi connectivity index (χ0n) is 12.0. The van der Waals surface area contributed by atoms with Gasteiger partial charge in [0, 0.05) is 23.8 Å². The number of ether oxygens (including phenoxy) is 2. The molecule has 1 aliphatic carbocycles. The molecule has 1 saturated heterocycles. The van der Waals surface area contributed by atoms with Crippen LogP contribution >= 0.6 is 11.8 Å². The van der Waals surface area contributed by atoms with Crippen LogP contribution in [0.25, 0.3) is 0 Å². The lowest BCUT2D eigenvalue weighted by atomic mass is 9.90. The van der Waals surface area contributed by atoms with Gasteiger partial charge < -0.3 is 14.8 Å². The van der Waals surface area contributed by atoms with Gasteiger partial charge in [0.25, 0.3) is 0 Å². The molecule has 2 aliphatic rings. The van der Waals surface area contributed by atoms with Crippen molar-refractivity contribution in [2.75, 3.05) is 19.0 Å². The number of carbonyl (C=O) groups is 1. The van der Waals surface area contributed by atoms with Crippen molar-refractivity contribution in [2.24, 2.45) is 0 Å². The highest BCUT2D eigenvalue weighted by Crippen LogP contribution is 2.35. The molecule has 1 aliphatic heterocycles. The number of hydrogen-bond acceptors (Lipinski definition) is 4. The molecule has 1 heterocycles. The van der Waals surface area contributed by atoms with Gasteiger partial charge in [-0.3, -0.25) is 4.79 Å². The molecule has 21 heavy (non-hydrogen) atoms. The molecular formula is C16H21NO3S. The first kappa shape index (κ1) is 14.9. The Hall–Kier alpha value is -1.04. The van der Waals surface area contributed by atoms with Gasteiger partial charge in [0.15, 0.2) is 5.79 Å². The van der Waals surface area contributed by atoms with Crippen LogP contribution < -0.4 is 5.32 Å². The van der Waals surface area contributed by atoms with E-state index < -0.39 is 0 Å². The molecule has 3 rings (SSSR count). The minimum Gasteiger partial charge on any atom is -0.353 e. The minimum absolute atomic E-state index is 0.109. The summed E-state index contributed by atoms with van der Waals surface area (Å²) in [5, 5.41) is 3.12. The zero-order chi connectivity index (χ0) is 14.5. The first-order valence-corrected chi connectivity index (χ1v) is 8.49. The van der Waals surface area contributed by atoms with Crippen molar-refractivity contribution in [3.8, 4) is 0 Å². The normalized spacial score (nSPS) is 21.5. The molecule has 1 saturated carbocycles. The maximum Gasteiger partial charge on any atom is 0.230 e. The van der Waals surface area contributed by atoms with Crippen LogP contribution in [0.2, 0.25) is 0 Å². The second kappa shape index (κ2) is 6.81. The van der Waals surface area contributed by atoms with Crippen molar-refractivity contribution < 1.29 is 14.3 Å². The largest absolute Gasteiger partial charge is 0.353 e. The molecule has 0 atom stereocenters. The Kier molecular flexibility index (Phi) is 4.83. The summed E-state index contributed by atoms with van der Waals surface area (Å²) in [6.07, 6.45) is 3.62. The van der Waals surface area contributed by atoms with Crippen LogP contribution in [0.1, 0.15) is 25.7 Å². The highest BCUT2D eigenvalue weighted by atomic mass is 32.2. The first-order chi connectivity index (χ1) is 10.3. The Morgan fingerprint density at radius 2 is 1.86 bits per heavy atom. The van der Waals surface area contributed by atoms with Crippen molar-refractivity contribution in [3.05, 3.63) is 30.3 Å². The average molecular weight is 307 g/mol. The van der Waals surface area contributed by atoms with E-state index in [4.69, 9.17) is 9.47 Å². The van der Waals surface area contributed by atoms with Crippen LogP contribution in [0.5, 0.6) is 0 Å². The Labute approximate surface area is 129 Å². The SMILES string of the molecule is O=C(CSc1ccccc1)NC1CCC2(CC1)OCCO2. The molecule has 4 nitrogen and oxygen atoms in total. The van der Waals surface area contributed by atoms with Gasteiger partial charge in [-0.15, -0.1) is 11.8 Å². The van der Waals surface area contributed by atoms with E-state index >= 15 is 0 Å². The number of thioether (sulfide) groups is 1. The van der Waals surface area contributed by atoms with E-state index in [1.807, 2.05) is 30.3 Å². The number of carbonyl (C=O) groups excluding carboxylic acids is 1. The predicted octanol–water partition coefficient (Wildman–Crippen LogP) is 2.58. The van der Waals surface area contributed by atoms with Gasteiger partial charge in [0.05, 0.1) is 19.0 Å². The zero-order valence-corrected chi connectivity index (χ0v) is 12.9. The summed E-state index contributed by atoms with van der Waals surface area (Å²) in [5.74, 6) is 0.233. The lowest BCUT2D eigenvalue weighted by Gasteiger charge is -2.35. The summed E-state index contributed by atoms with van der Waals surface area (Å²) < 4.78 is 11.4. The molecule has 0 unspecified atom stereocenters. The third-order valence-corrected chi connectivity index (χ3v) is 5.05. The standard InChI is InChI=1S/C16H21NO3S/c18-15(12-21-14-4-2-1-3-5-14)17-13-6-8-16(9-7-13)19-10-11-20-16/h1-5,13H,6-12H2,(H,17,18). The average Bonchev–Trinajstić information content (AvgIpc) is 2.97. The smallest absolute Gasteiger partial charge is 0.230 e. The summed E-state index contributed by atoms with van der Waals surface area (Å²) in [6.45, 7) is 1.40. The Bertz CT molecular complexity index is 464. The number of rotatable bonds is 4. The summed E-state index contributed by atoms with van der Waals surface area (Å²) >= 11 is 1.57. The molecule has 1 amide bonds. The fourth-order valence-corrected chi connectivity index (χ4v) is 3.65. The highest BCUT2D eigenvalue weighted by molar-refractivity contribution is 8.00. The Morgan fingerprint density at radius 1 is 1.19 bits per heavy atom. The van der Waals surface area contributed by atoms with Crippen molar-refractivity contribution in [1.29, 1.82) is 0 Å². The lowest BCUT2D eigenvalue weighted by Crippen LogP contribution is -2.44. The van der Waals surface area contributed by atoms with Crippen molar-refractivity contribution in [2.45, 2.75) is 42.4 Å².